The van der Waals surface area contributed by atoms with Crippen LogP contribution in [-0.4, -0.2) is 16.6 Å². The Labute approximate surface area is 155 Å². The van der Waals surface area contributed by atoms with Crippen LogP contribution < -0.4 is 5.73 Å². The second kappa shape index (κ2) is 9.18. The van der Waals surface area contributed by atoms with E-state index < -0.39 is 6.10 Å². The first-order valence-corrected chi connectivity index (χ1v) is 9.04. The molecule has 1 atom stereocenters. The lowest BCUT2D eigenvalue weighted by molar-refractivity contribution is 0.137. The molecule has 3 rings (SSSR count). The Balaban J connectivity index is 1.65. The molecule has 1 unspecified atom stereocenters. The zero-order valence-electron chi connectivity index (χ0n) is 15.0. The van der Waals surface area contributed by atoms with Crippen LogP contribution in [0.25, 0.3) is 0 Å². The highest BCUT2D eigenvalue weighted by Gasteiger charge is 2.12. The van der Waals surface area contributed by atoms with E-state index in [2.05, 4.69) is 53.4 Å². The molecule has 0 bridgehead atoms. The van der Waals surface area contributed by atoms with E-state index in [1.165, 1.54) is 11.1 Å². The zero-order chi connectivity index (χ0) is 18.2. The number of nitrogens with two attached hydrogens (primary N) is 1. The quantitative estimate of drug-likeness (QED) is 0.595. The van der Waals surface area contributed by atoms with Crippen LogP contribution in [-0.2, 0) is 13.1 Å². The van der Waals surface area contributed by atoms with Crippen LogP contribution in [0.5, 0.6) is 0 Å². The smallest absolute Gasteiger partial charge is 0.0802 e. The standard InChI is InChI=1S/C23H26N2O/c24-22-13-11-21(12-14-22)23(26)15-16-25(17-19-7-3-1-4-8-19)18-20-9-5-2-6-10-20/h1-14,23,26H,15-18,24H2. The van der Waals surface area contributed by atoms with E-state index in [-0.39, 0.29) is 0 Å². The van der Waals surface area contributed by atoms with Gasteiger partial charge in [0.15, 0.2) is 0 Å². The minimum Gasteiger partial charge on any atom is -0.399 e. The van der Waals surface area contributed by atoms with Gasteiger partial charge in [-0.1, -0.05) is 72.8 Å². The molecular weight excluding hydrogens is 320 g/mol. The number of nitrogens with zero attached hydrogens (tertiary/aromatic N) is 1. The van der Waals surface area contributed by atoms with Gasteiger partial charge in [0.25, 0.3) is 0 Å². The summed E-state index contributed by atoms with van der Waals surface area (Å²) in [5.74, 6) is 0. The van der Waals surface area contributed by atoms with E-state index >= 15 is 0 Å². The third-order valence-electron chi connectivity index (χ3n) is 4.54. The maximum Gasteiger partial charge on any atom is 0.0802 e. The van der Waals surface area contributed by atoms with Crippen molar-refractivity contribution in [2.45, 2.75) is 25.6 Å². The molecule has 0 aliphatic heterocycles. The van der Waals surface area contributed by atoms with Crippen LogP contribution in [0.3, 0.4) is 0 Å². The largest absolute Gasteiger partial charge is 0.399 e. The van der Waals surface area contributed by atoms with Crippen molar-refractivity contribution >= 4 is 5.69 Å². The lowest BCUT2D eigenvalue weighted by atomic mass is 10.1. The minimum atomic E-state index is -0.482. The van der Waals surface area contributed by atoms with E-state index in [0.29, 0.717) is 6.42 Å². The number of benzene rings is 3. The predicted molar refractivity (Wildman–Crippen MR) is 107 cm³/mol. The summed E-state index contributed by atoms with van der Waals surface area (Å²) in [6.45, 7) is 2.55. The fraction of sp³-hybridized carbons (Fsp3) is 0.217. The topological polar surface area (TPSA) is 49.5 Å². The third-order valence-corrected chi connectivity index (χ3v) is 4.54. The lowest BCUT2D eigenvalue weighted by Crippen LogP contribution is -2.25. The van der Waals surface area contributed by atoms with Crippen molar-refractivity contribution in [1.82, 2.24) is 4.90 Å². The van der Waals surface area contributed by atoms with Crippen molar-refractivity contribution in [3.8, 4) is 0 Å². The number of hydrogen-bond donors (Lipinski definition) is 2. The number of nitrogen functional groups attached to an aromatic ring is 1. The van der Waals surface area contributed by atoms with Gasteiger partial charge in [0.2, 0.25) is 0 Å². The zero-order valence-corrected chi connectivity index (χ0v) is 15.0. The van der Waals surface area contributed by atoms with Crippen molar-refractivity contribution in [2.24, 2.45) is 0 Å². The maximum atomic E-state index is 10.5. The van der Waals surface area contributed by atoms with Gasteiger partial charge in [-0.3, -0.25) is 4.90 Å². The monoisotopic (exact) mass is 346 g/mol. The van der Waals surface area contributed by atoms with Crippen LogP contribution in [0.2, 0.25) is 0 Å². The fourth-order valence-electron chi connectivity index (χ4n) is 3.09. The van der Waals surface area contributed by atoms with Gasteiger partial charge in [-0.05, 0) is 35.2 Å². The molecule has 26 heavy (non-hydrogen) atoms. The molecule has 0 saturated heterocycles. The highest BCUT2D eigenvalue weighted by atomic mass is 16.3. The normalized spacial score (nSPS) is 12.2. The Bertz CT molecular complexity index is 731. The Morgan fingerprint density at radius 3 is 1.73 bits per heavy atom. The summed E-state index contributed by atoms with van der Waals surface area (Å²) >= 11 is 0. The van der Waals surface area contributed by atoms with Gasteiger partial charge >= 0.3 is 0 Å². The summed E-state index contributed by atoms with van der Waals surface area (Å²) < 4.78 is 0. The summed E-state index contributed by atoms with van der Waals surface area (Å²) in [5.41, 5.74) is 9.93. The molecule has 0 aromatic heterocycles. The SMILES string of the molecule is Nc1ccc(C(O)CCN(Cc2ccccc2)Cc2ccccc2)cc1. The highest BCUT2D eigenvalue weighted by molar-refractivity contribution is 5.39. The van der Waals surface area contributed by atoms with Crippen LogP contribution >= 0.6 is 0 Å². The van der Waals surface area contributed by atoms with Gasteiger partial charge in [0.1, 0.15) is 0 Å². The van der Waals surface area contributed by atoms with Gasteiger partial charge in [0.05, 0.1) is 6.10 Å². The number of anilines is 1. The molecule has 0 amide bonds. The Kier molecular flexibility index (Phi) is 6.42. The summed E-state index contributed by atoms with van der Waals surface area (Å²) in [6.07, 6.45) is 0.202. The summed E-state index contributed by atoms with van der Waals surface area (Å²) in [6, 6.07) is 28.4. The van der Waals surface area contributed by atoms with Gasteiger partial charge in [0, 0.05) is 25.3 Å². The second-order valence-electron chi connectivity index (χ2n) is 6.65. The summed E-state index contributed by atoms with van der Waals surface area (Å²) in [7, 11) is 0. The summed E-state index contributed by atoms with van der Waals surface area (Å²) in [5, 5.41) is 10.5. The minimum absolute atomic E-state index is 0.482. The molecule has 0 aliphatic rings. The van der Waals surface area contributed by atoms with Crippen LogP contribution in [0, 0.1) is 0 Å². The Morgan fingerprint density at radius 1 is 0.731 bits per heavy atom. The van der Waals surface area contributed by atoms with E-state index in [0.717, 1.165) is 30.9 Å². The van der Waals surface area contributed by atoms with Gasteiger partial charge in [-0.25, -0.2) is 0 Å². The maximum absolute atomic E-state index is 10.5. The molecule has 0 saturated carbocycles. The van der Waals surface area contributed by atoms with Crippen molar-refractivity contribution in [3.05, 3.63) is 102 Å². The number of hydrogen-bond acceptors (Lipinski definition) is 3. The van der Waals surface area contributed by atoms with Gasteiger partial charge in [-0.2, -0.15) is 0 Å². The second-order valence-corrected chi connectivity index (χ2v) is 6.65. The first-order chi connectivity index (χ1) is 12.7. The molecule has 0 fully saturated rings. The van der Waals surface area contributed by atoms with E-state index in [1.54, 1.807) is 0 Å². The molecular formula is C23H26N2O. The molecule has 3 aromatic rings. The van der Waals surface area contributed by atoms with Crippen molar-refractivity contribution in [1.29, 1.82) is 0 Å². The van der Waals surface area contributed by atoms with Crippen molar-refractivity contribution < 1.29 is 5.11 Å². The highest BCUT2D eigenvalue weighted by Crippen LogP contribution is 2.20. The van der Waals surface area contributed by atoms with Crippen molar-refractivity contribution in [3.63, 3.8) is 0 Å². The first kappa shape index (κ1) is 18.2. The number of aliphatic hydroxyl groups is 1. The Hall–Kier alpha value is -2.62. The van der Waals surface area contributed by atoms with Crippen LogP contribution in [0.1, 0.15) is 29.2 Å². The molecule has 3 nitrogen and oxygen atoms in total. The van der Waals surface area contributed by atoms with Crippen molar-refractivity contribution in [2.75, 3.05) is 12.3 Å². The van der Waals surface area contributed by atoms with E-state index in [4.69, 9.17) is 5.73 Å². The average molecular weight is 346 g/mol. The lowest BCUT2D eigenvalue weighted by Gasteiger charge is -2.24. The molecule has 3 aromatic carbocycles. The summed E-state index contributed by atoms with van der Waals surface area (Å²) in [4.78, 5) is 2.38. The average Bonchev–Trinajstić information content (AvgIpc) is 2.68. The molecule has 3 N–H and O–H groups in total. The first-order valence-electron chi connectivity index (χ1n) is 9.04. The third kappa shape index (κ3) is 5.45. The molecule has 3 heteroatoms. The van der Waals surface area contributed by atoms with Gasteiger partial charge in [-0.15, -0.1) is 0 Å². The fourth-order valence-corrected chi connectivity index (χ4v) is 3.09. The number of aliphatic hydroxyl groups excluding tert-OH is 1. The van der Waals surface area contributed by atoms with E-state index in [1.807, 2.05) is 36.4 Å². The molecule has 0 aliphatic carbocycles. The molecule has 0 spiro atoms. The van der Waals surface area contributed by atoms with Gasteiger partial charge < -0.3 is 10.8 Å². The Morgan fingerprint density at radius 2 is 1.23 bits per heavy atom. The molecule has 0 radical (unpaired) electrons. The predicted octanol–water partition coefficient (Wildman–Crippen LogP) is 4.39. The number of rotatable bonds is 8. The molecule has 134 valence electrons. The van der Waals surface area contributed by atoms with E-state index in [9.17, 15) is 5.11 Å². The molecule has 0 heterocycles. The van der Waals surface area contributed by atoms with Crippen LogP contribution in [0.4, 0.5) is 5.69 Å². The van der Waals surface area contributed by atoms with Crippen LogP contribution in [0.15, 0.2) is 84.9 Å².